The molecule has 1 fully saturated rings. The summed E-state index contributed by atoms with van der Waals surface area (Å²) in [7, 11) is 1.61. The van der Waals surface area contributed by atoms with E-state index >= 15 is 0 Å². The van der Waals surface area contributed by atoms with Crippen LogP contribution in [0.15, 0.2) is 23.8 Å². The molecule has 0 aliphatic carbocycles. The van der Waals surface area contributed by atoms with Crippen LogP contribution in [0.2, 0.25) is 0 Å². The van der Waals surface area contributed by atoms with Crippen molar-refractivity contribution in [3.63, 3.8) is 0 Å². The van der Waals surface area contributed by atoms with Crippen LogP contribution in [0.1, 0.15) is 25.3 Å². The topological polar surface area (TPSA) is 79.3 Å². The molecule has 1 saturated heterocycles. The third-order valence-corrected chi connectivity index (χ3v) is 5.22. The summed E-state index contributed by atoms with van der Waals surface area (Å²) in [6.45, 7) is 4.23. The summed E-state index contributed by atoms with van der Waals surface area (Å²) in [5.74, 6) is 0.650. The SMILES string of the molecule is CCN(CC(=O)O)C1CCN(C(=O)C2=Cc3cc(OC)ccc3OC2)CC1. The number of carbonyl (C=O) groups is 2. The Morgan fingerprint density at radius 3 is 2.70 bits per heavy atom. The van der Waals surface area contributed by atoms with Gasteiger partial charge in [-0.15, -0.1) is 0 Å². The monoisotopic (exact) mass is 374 g/mol. The van der Waals surface area contributed by atoms with Crippen molar-refractivity contribution in [1.82, 2.24) is 9.80 Å². The first-order chi connectivity index (χ1) is 13.0. The number of nitrogens with zero attached hydrogens (tertiary/aromatic N) is 2. The van der Waals surface area contributed by atoms with Crippen molar-refractivity contribution in [2.24, 2.45) is 0 Å². The van der Waals surface area contributed by atoms with Crippen LogP contribution < -0.4 is 9.47 Å². The number of aliphatic carboxylic acids is 1. The maximum absolute atomic E-state index is 12.9. The number of ether oxygens (including phenoxy) is 2. The second-order valence-corrected chi connectivity index (χ2v) is 6.84. The van der Waals surface area contributed by atoms with E-state index in [2.05, 4.69) is 0 Å². The zero-order valence-corrected chi connectivity index (χ0v) is 15.8. The molecule has 146 valence electrons. The summed E-state index contributed by atoms with van der Waals surface area (Å²) in [5, 5.41) is 9.04. The number of benzene rings is 1. The first-order valence-electron chi connectivity index (χ1n) is 9.28. The lowest BCUT2D eigenvalue weighted by atomic mass is 10.0. The van der Waals surface area contributed by atoms with E-state index in [0.717, 1.165) is 29.9 Å². The van der Waals surface area contributed by atoms with Crippen LogP contribution in [-0.4, -0.2) is 72.7 Å². The Kier molecular flexibility index (Phi) is 6.01. The minimum atomic E-state index is -0.811. The number of fused-ring (bicyclic) bond motifs is 1. The van der Waals surface area contributed by atoms with E-state index in [-0.39, 0.29) is 25.1 Å². The van der Waals surface area contributed by atoms with Crippen molar-refractivity contribution in [1.29, 1.82) is 0 Å². The third-order valence-electron chi connectivity index (χ3n) is 5.22. The average molecular weight is 374 g/mol. The highest BCUT2D eigenvalue weighted by Crippen LogP contribution is 2.31. The second-order valence-electron chi connectivity index (χ2n) is 6.84. The highest BCUT2D eigenvalue weighted by molar-refractivity contribution is 5.99. The van der Waals surface area contributed by atoms with Gasteiger partial charge in [-0.2, -0.15) is 0 Å². The van der Waals surface area contributed by atoms with Crippen LogP contribution in [0.3, 0.4) is 0 Å². The molecule has 7 nitrogen and oxygen atoms in total. The van der Waals surface area contributed by atoms with Crippen molar-refractivity contribution < 1.29 is 24.2 Å². The van der Waals surface area contributed by atoms with E-state index in [1.54, 1.807) is 7.11 Å². The number of carboxylic acid groups (broad SMARTS) is 1. The summed E-state index contributed by atoms with van der Waals surface area (Å²) in [5.41, 5.74) is 1.48. The molecule has 0 aromatic heterocycles. The lowest BCUT2D eigenvalue weighted by molar-refractivity contribution is -0.139. The van der Waals surface area contributed by atoms with Gasteiger partial charge in [-0.25, -0.2) is 0 Å². The van der Waals surface area contributed by atoms with Crippen LogP contribution in [0.5, 0.6) is 11.5 Å². The quantitative estimate of drug-likeness (QED) is 0.819. The van der Waals surface area contributed by atoms with Gasteiger partial charge in [-0.05, 0) is 43.7 Å². The first kappa shape index (κ1) is 19.2. The van der Waals surface area contributed by atoms with E-state index < -0.39 is 5.97 Å². The van der Waals surface area contributed by atoms with Crippen molar-refractivity contribution in [2.75, 3.05) is 39.9 Å². The van der Waals surface area contributed by atoms with Gasteiger partial charge in [-0.1, -0.05) is 6.92 Å². The maximum atomic E-state index is 12.9. The molecule has 2 heterocycles. The zero-order chi connectivity index (χ0) is 19.4. The number of rotatable bonds is 6. The summed E-state index contributed by atoms with van der Waals surface area (Å²) < 4.78 is 11.0. The molecule has 0 bridgehead atoms. The van der Waals surface area contributed by atoms with Gasteiger partial charge in [0.15, 0.2) is 0 Å². The summed E-state index contributed by atoms with van der Waals surface area (Å²) in [4.78, 5) is 27.7. The van der Waals surface area contributed by atoms with E-state index in [9.17, 15) is 9.59 Å². The molecule has 0 atom stereocenters. The van der Waals surface area contributed by atoms with Gasteiger partial charge in [-0.3, -0.25) is 14.5 Å². The molecule has 2 aliphatic rings. The van der Waals surface area contributed by atoms with Crippen molar-refractivity contribution in [2.45, 2.75) is 25.8 Å². The Hall–Kier alpha value is -2.54. The Bertz CT molecular complexity index is 738. The number of likely N-dealkylation sites (N-methyl/N-ethyl adjacent to an activating group) is 1. The van der Waals surface area contributed by atoms with Gasteiger partial charge in [0.2, 0.25) is 0 Å². The Morgan fingerprint density at radius 1 is 1.33 bits per heavy atom. The normalized spacial score (nSPS) is 17.1. The number of amides is 1. The fraction of sp³-hybridized carbons (Fsp3) is 0.500. The second kappa shape index (κ2) is 8.43. The number of hydrogen-bond acceptors (Lipinski definition) is 5. The van der Waals surface area contributed by atoms with Gasteiger partial charge in [0.05, 0.1) is 19.2 Å². The van der Waals surface area contributed by atoms with Crippen LogP contribution in [0.4, 0.5) is 0 Å². The van der Waals surface area contributed by atoms with Crippen LogP contribution in [0, 0.1) is 0 Å². The standard InChI is InChI=1S/C20H26N2O5/c1-3-21(12-19(23)24)16-6-8-22(9-7-16)20(25)15-10-14-11-17(26-2)4-5-18(14)27-13-15/h4-5,10-11,16H,3,6-9,12-13H2,1-2H3,(H,23,24). The molecule has 1 aromatic carbocycles. The Balaban J connectivity index is 1.64. The number of carboxylic acids is 1. The van der Waals surface area contributed by atoms with Gasteiger partial charge in [0.1, 0.15) is 18.1 Å². The summed E-state index contributed by atoms with van der Waals surface area (Å²) in [6, 6.07) is 5.75. The summed E-state index contributed by atoms with van der Waals surface area (Å²) >= 11 is 0. The third kappa shape index (κ3) is 4.42. The smallest absolute Gasteiger partial charge is 0.317 e. The number of likely N-dealkylation sites (tertiary alicyclic amines) is 1. The molecule has 0 radical (unpaired) electrons. The van der Waals surface area contributed by atoms with Crippen LogP contribution in [0.25, 0.3) is 6.08 Å². The van der Waals surface area contributed by atoms with E-state index in [1.807, 2.05) is 41.0 Å². The van der Waals surface area contributed by atoms with Gasteiger partial charge in [0.25, 0.3) is 5.91 Å². The molecule has 0 spiro atoms. The largest absolute Gasteiger partial charge is 0.497 e. The van der Waals surface area contributed by atoms with E-state index in [1.165, 1.54) is 0 Å². The predicted molar refractivity (Wildman–Crippen MR) is 101 cm³/mol. The minimum Gasteiger partial charge on any atom is -0.497 e. The molecule has 27 heavy (non-hydrogen) atoms. The van der Waals surface area contributed by atoms with Gasteiger partial charge >= 0.3 is 5.97 Å². The fourth-order valence-corrected chi connectivity index (χ4v) is 3.72. The van der Waals surface area contributed by atoms with Gasteiger partial charge < -0.3 is 19.5 Å². The molecule has 0 unspecified atom stereocenters. The Labute approximate surface area is 159 Å². The highest BCUT2D eigenvalue weighted by Gasteiger charge is 2.29. The zero-order valence-electron chi connectivity index (χ0n) is 15.8. The molecular weight excluding hydrogens is 348 g/mol. The van der Waals surface area contributed by atoms with Crippen molar-refractivity contribution in [3.05, 3.63) is 29.3 Å². The molecule has 7 heteroatoms. The summed E-state index contributed by atoms with van der Waals surface area (Å²) in [6.07, 6.45) is 3.44. The van der Waals surface area contributed by atoms with Crippen molar-refractivity contribution in [3.8, 4) is 11.5 Å². The highest BCUT2D eigenvalue weighted by atomic mass is 16.5. The number of piperidine rings is 1. The lowest BCUT2D eigenvalue weighted by Gasteiger charge is -2.38. The minimum absolute atomic E-state index is 0.0109. The van der Waals surface area contributed by atoms with E-state index in [0.29, 0.717) is 25.2 Å². The molecule has 0 saturated carbocycles. The molecule has 2 aliphatic heterocycles. The van der Waals surface area contributed by atoms with Gasteiger partial charge in [0, 0.05) is 24.7 Å². The predicted octanol–water partition coefficient (Wildman–Crippen LogP) is 1.87. The average Bonchev–Trinajstić information content (AvgIpc) is 2.70. The fourth-order valence-electron chi connectivity index (χ4n) is 3.72. The molecule has 1 amide bonds. The molecule has 1 aromatic rings. The van der Waals surface area contributed by atoms with Crippen LogP contribution >= 0.6 is 0 Å². The molecule has 3 rings (SSSR count). The Morgan fingerprint density at radius 2 is 2.07 bits per heavy atom. The number of carbonyl (C=O) groups excluding carboxylic acids is 1. The first-order valence-corrected chi connectivity index (χ1v) is 9.28. The molecule has 1 N–H and O–H groups in total. The van der Waals surface area contributed by atoms with E-state index in [4.69, 9.17) is 14.6 Å². The number of hydrogen-bond donors (Lipinski definition) is 1. The number of methoxy groups -OCH3 is 1. The maximum Gasteiger partial charge on any atom is 0.317 e. The lowest BCUT2D eigenvalue weighted by Crippen LogP contribution is -2.48. The van der Waals surface area contributed by atoms with Crippen molar-refractivity contribution >= 4 is 18.0 Å². The molecular formula is C20H26N2O5. The van der Waals surface area contributed by atoms with Crippen LogP contribution in [-0.2, 0) is 9.59 Å².